The highest BCUT2D eigenvalue weighted by Gasteiger charge is 2.31. The maximum absolute atomic E-state index is 5.92. The van der Waals surface area contributed by atoms with Crippen molar-refractivity contribution in [3.63, 3.8) is 0 Å². The third-order valence-electron chi connectivity index (χ3n) is 3.52. The van der Waals surface area contributed by atoms with Crippen LogP contribution in [0, 0.1) is 6.92 Å². The van der Waals surface area contributed by atoms with Gasteiger partial charge in [-0.05, 0) is 42.6 Å². The topological polar surface area (TPSA) is 74.5 Å². The number of nitrogens with two attached hydrogens (primary N) is 1. The van der Waals surface area contributed by atoms with Gasteiger partial charge in [0.2, 0.25) is 0 Å². The van der Waals surface area contributed by atoms with E-state index in [-0.39, 0.29) is 0 Å². The maximum Gasteiger partial charge on any atom is 0.169 e. The molecule has 19 heavy (non-hydrogen) atoms. The number of aryl methyl sites for hydroxylation is 2. The number of anilines is 1. The zero-order valence-corrected chi connectivity index (χ0v) is 12.7. The van der Waals surface area contributed by atoms with Crippen molar-refractivity contribution in [2.75, 3.05) is 5.73 Å². The van der Waals surface area contributed by atoms with Gasteiger partial charge in [0, 0.05) is 12.5 Å². The van der Waals surface area contributed by atoms with Crippen LogP contribution in [0.2, 0.25) is 0 Å². The minimum atomic E-state index is 0.535. The second-order valence-electron chi connectivity index (χ2n) is 4.95. The van der Waals surface area contributed by atoms with Crippen LogP contribution in [0.25, 0.3) is 0 Å². The number of aromatic nitrogens is 5. The Morgan fingerprint density at radius 2 is 2.11 bits per heavy atom. The Morgan fingerprint density at radius 3 is 2.74 bits per heavy atom. The minimum Gasteiger partial charge on any atom is -0.381 e. The van der Waals surface area contributed by atoms with Crippen molar-refractivity contribution in [2.45, 2.75) is 45.7 Å². The van der Waals surface area contributed by atoms with Gasteiger partial charge in [-0.2, -0.15) is 5.10 Å². The lowest BCUT2D eigenvalue weighted by atomic mass is 10.3. The van der Waals surface area contributed by atoms with Crippen molar-refractivity contribution in [1.29, 1.82) is 0 Å². The summed E-state index contributed by atoms with van der Waals surface area (Å²) in [6.45, 7) is 5.58. The monoisotopic (exact) mass is 324 g/mol. The second-order valence-corrected chi connectivity index (χ2v) is 5.75. The van der Waals surface area contributed by atoms with Crippen LogP contribution in [-0.4, -0.2) is 24.8 Å². The van der Waals surface area contributed by atoms with Gasteiger partial charge in [-0.1, -0.05) is 5.21 Å². The van der Waals surface area contributed by atoms with Gasteiger partial charge in [0.25, 0.3) is 0 Å². The molecule has 102 valence electrons. The van der Waals surface area contributed by atoms with E-state index in [0.717, 1.165) is 28.1 Å². The van der Waals surface area contributed by atoms with Gasteiger partial charge in [0.05, 0.1) is 28.1 Å². The standard InChI is InChI=1S/C12H17BrN6/c1-3-18-9(10(13)7(2)16-18)6-19-11(8-4-5-8)12(14)15-17-19/h8H,3-6,14H2,1-2H3. The fourth-order valence-corrected chi connectivity index (χ4v) is 2.80. The number of nitrogens with zero attached hydrogens (tertiary/aromatic N) is 5. The molecule has 2 aromatic heterocycles. The number of rotatable bonds is 4. The van der Waals surface area contributed by atoms with E-state index in [1.54, 1.807) is 0 Å². The highest BCUT2D eigenvalue weighted by atomic mass is 79.9. The van der Waals surface area contributed by atoms with Gasteiger partial charge in [-0.25, -0.2) is 4.68 Å². The Hall–Kier alpha value is -1.37. The van der Waals surface area contributed by atoms with E-state index in [2.05, 4.69) is 38.3 Å². The number of nitrogen functional groups attached to an aromatic ring is 1. The van der Waals surface area contributed by atoms with E-state index in [0.29, 0.717) is 18.3 Å². The molecule has 2 aromatic rings. The molecule has 7 heteroatoms. The lowest BCUT2D eigenvalue weighted by Crippen LogP contribution is -2.12. The summed E-state index contributed by atoms with van der Waals surface area (Å²) in [5.41, 5.74) is 9.11. The maximum atomic E-state index is 5.92. The van der Waals surface area contributed by atoms with E-state index in [9.17, 15) is 0 Å². The van der Waals surface area contributed by atoms with E-state index in [4.69, 9.17) is 5.73 Å². The zero-order valence-electron chi connectivity index (χ0n) is 11.1. The fraction of sp³-hybridized carbons (Fsp3) is 0.583. The normalized spacial score (nSPS) is 15.1. The van der Waals surface area contributed by atoms with Crippen LogP contribution in [0.3, 0.4) is 0 Å². The molecule has 2 heterocycles. The molecule has 0 bridgehead atoms. The van der Waals surface area contributed by atoms with Crippen molar-refractivity contribution in [1.82, 2.24) is 24.8 Å². The molecule has 0 unspecified atom stereocenters. The molecule has 0 aliphatic heterocycles. The Labute approximate surface area is 120 Å². The number of hydrogen-bond acceptors (Lipinski definition) is 4. The zero-order chi connectivity index (χ0) is 13.6. The SMILES string of the molecule is CCn1nc(C)c(Br)c1Cn1nnc(N)c1C1CC1. The molecule has 3 rings (SSSR count). The molecule has 1 fully saturated rings. The van der Waals surface area contributed by atoms with Crippen molar-refractivity contribution >= 4 is 21.7 Å². The Kier molecular flexibility index (Phi) is 3.08. The molecule has 1 saturated carbocycles. The van der Waals surface area contributed by atoms with Gasteiger partial charge in [0.15, 0.2) is 5.82 Å². The number of halogens is 1. The summed E-state index contributed by atoms with van der Waals surface area (Å²) in [4.78, 5) is 0. The van der Waals surface area contributed by atoms with Crippen LogP contribution < -0.4 is 5.73 Å². The fourth-order valence-electron chi connectivity index (χ4n) is 2.39. The molecular formula is C12H17BrN6. The molecular weight excluding hydrogens is 308 g/mol. The lowest BCUT2D eigenvalue weighted by Gasteiger charge is -2.08. The van der Waals surface area contributed by atoms with Crippen molar-refractivity contribution in [2.24, 2.45) is 0 Å². The molecule has 0 saturated heterocycles. The third-order valence-corrected chi connectivity index (χ3v) is 4.55. The average molecular weight is 325 g/mol. The molecule has 0 amide bonds. The van der Waals surface area contributed by atoms with Gasteiger partial charge in [-0.15, -0.1) is 5.10 Å². The Bertz CT molecular complexity index is 610. The predicted molar refractivity (Wildman–Crippen MR) is 75.8 cm³/mol. The molecule has 0 aromatic carbocycles. The first-order valence-corrected chi connectivity index (χ1v) is 7.31. The molecule has 0 spiro atoms. The lowest BCUT2D eigenvalue weighted by molar-refractivity contribution is 0.551. The Morgan fingerprint density at radius 1 is 1.37 bits per heavy atom. The third kappa shape index (κ3) is 2.16. The van der Waals surface area contributed by atoms with Crippen molar-refractivity contribution in [3.05, 3.63) is 21.6 Å². The van der Waals surface area contributed by atoms with Crippen LogP contribution in [0.15, 0.2) is 4.47 Å². The summed E-state index contributed by atoms with van der Waals surface area (Å²) >= 11 is 3.61. The van der Waals surface area contributed by atoms with Crippen LogP contribution in [0.1, 0.15) is 42.8 Å². The molecule has 0 atom stereocenters. The smallest absolute Gasteiger partial charge is 0.169 e. The average Bonchev–Trinajstić information content (AvgIpc) is 3.11. The van der Waals surface area contributed by atoms with Crippen LogP contribution in [-0.2, 0) is 13.1 Å². The molecule has 6 nitrogen and oxygen atoms in total. The minimum absolute atomic E-state index is 0.535. The van der Waals surface area contributed by atoms with E-state index in [1.165, 1.54) is 12.8 Å². The summed E-state index contributed by atoms with van der Waals surface area (Å²) in [7, 11) is 0. The highest BCUT2D eigenvalue weighted by molar-refractivity contribution is 9.10. The quantitative estimate of drug-likeness (QED) is 0.934. The van der Waals surface area contributed by atoms with Gasteiger partial charge < -0.3 is 5.73 Å². The van der Waals surface area contributed by atoms with Crippen molar-refractivity contribution in [3.8, 4) is 0 Å². The molecule has 1 aliphatic rings. The summed E-state index contributed by atoms with van der Waals surface area (Å²) in [5, 5.41) is 12.7. The number of hydrogen-bond donors (Lipinski definition) is 1. The molecule has 0 radical (unpaired) electrons. The first-order chi connectivity index (χ1) is 9.11. The van der Waals surface area contributed by atoms with Crippen LogP contribution in [0.4, 0.5) is 5.82 Å². The summed E-state index contributed by atoms with van der Waals surface area (Å²) in [5.74, 6) is 1.10. The van der Waals surface area contributed by atoms with Crippen molar-refractivity contribution < 1.29 is 0 Å². The molecule has 1 aliphatic carbocycles. The molecule has 2 N–H and O–H groups in total. The summed E-state index contributed by atoms with van der Waals surface area (Å²) < 4.78 is 4.96. The van der Waals surface area contributed by atoms with E-state index >= 15 is 0 Å². The van der Waals surface area contributed by atoms with Gasteiger partial charge >= 0.3 is 0 Å². The van der Waals surface area contributed by atoms with E-state index < -0.39 is 0 Å². The predicted octanol–water partition coefficient (Wildman–Crippen LogP) is 2.07. The van der Waals surface area contributed by atoms with Crippen LogP contribution >= 0.6 is 15.9 Å². The first kappa shape index (κ1) is 12.7. The van der Waals surface area contributed by atoms with Crippen LogP contribution in [0.5, 0.6) is 0 Å². The largest absolute Gasteiger partial charge is 0.381 e. The van der Waals surface area contributed by atoms with Gasteiger partial charge in [-0.3, -0.25) is 4.68 Å². The summed E-state index contributed by atoms with van der Waals surface area (Å²) in [6, 6.07) is 0. The summed E-state index contributed by atoms with van der Waals surface area (Å²) in [6.07, 6.45) is 2.37. The second kappa shape index (κ2) is 4.63. The van der Waals surface area contributed by atoms with Gasteiger partial charge in [0.1, 0.15) is 0 Å². The Balaban J connectivity index is 1.97. The van der Waals surface area contributed by atoms with E-state index in [1.807, 2.05) is 16.3 Å². The highest BCUT2D eigenvalue weighted by Crippen LogP contribution is 2.42. The first-order valence-electron chi connectivity index (χ1n) is 6.52.